The fraction of sp³-hybridized carbons (Fsp3) is 0.314. The van der Waals surface area contributed by atoms with E-state index in [2.05, 4.69) is 132 Å². The molecule has 5 rings (SSSR count). The van der Waals surface area contributed by atoms with E-state index >= 15 is 0 Å². The van der Waals surface area contributed by atoms with Gasteiger partial charge in [-0.15, -0.1) is 0 Å². The van der Waals surface area contributed by atoms with Crippen LogP contribution < -0.4 is 21.2 Å². The Kier molecular flexibility index (Phi) is 9.32. The first kappa shape index (κ1) is 28.2. The van der Waals surface area contributed by atoms with Gasteiger partial charge >= 0.3 is 0 Å². The Morgan fingerprint density at radius 2 is 0.821 bits per heavy atom. The van der Waals surface area contributed by atoms with Crippen molar-refractivity contribution in [3.63, 3.8) is 0 Å². The summed E-state index contributed by atoms with van der Waals surface area (Å²) in [5, 5.41) is 5.61. The second kappa shape index (κ2) is 12.9. The van der Waals surface area contributed by atoms with Crippen LogP contribution in [0.3, 0.4) is 0 Å². The highest BCUT2D eigenvalue weighted by molar-refractivity contribution is 7.73. The monoisotopic (exact) mass is 554 g/mol. The van der Waals surface area contributed by atoms with Gasteiger partial charge < -0.3 is 9.47 Å². The predicted molar refractivity (Wildman–Crippen MR) is 171 cm³/mol. The molecule has 0 saturated carbocycles. The van der Waals surface area contributed by atoms with E-state index in [-0.39, 0.29) is 18.3 Å². The summed E-state index contributed by atoms with van der Waals surface area (Å²) >= 11 is 0. The molecule has 0 N–H and O–H groups in total. The molecule has 1 aliphatic rings. The molecule has 3 unspecified atom stereocenters. The van der Waals surface area contributed by atoms with Crippen LogP contribution >= 0.6 is 15.8 Å². The van der Waals surface area contributed by atoms with E-state index in [1.54, 1.807) is 0 Å². The van der Waals surface area contributed by atoms with Crippen molar-refractivity contribution in [1.82, 2.24) is 0 Å². The molecule has 0 aromatic heterocycles. The molecule has 0 aliphatic carbocycles. The second-order valence-electron chi connectivity index (χ2n) is 10.9. The predicted octanol–water partition coefficient (Wildman–Crippen LogP) is 6.66. The van der Waals surface area contributed by atoms with Crippen molar-refractivity contribution in [2.45, 2.75) is 52.9 Å². The number of hydrogen-bond donors (Lipinski definition) is 0. The van der Waals surface area contributed by atoms with Crippen LogP contribution in [0.5, 0.6) is 0 Å². The van der Waals surface area contributed by atoms with Gasteiger partial charge in [0.15, 0.2) is 0 Å². The van der Waals surface area contributed by atoms with Crippen LogP contribution in [0, 0.1) is 27.7 Å². The van der Waals surface area contributed by atoms with Gasteiger partial charge in [-0.2, -0.15) is 0 Å². The SMILES string of the molecule is Cc1ccc(P(CC2OCC(C)OC2CP(c2ccc(C)cc2)c2ccc(C)cc2)c2ccc(C)cc2)cc1. The van der Waals surface area contributed by atoms with Gasteiger partial charge in [0.05, 0.1) is 24.9 Å². The average molecular weight is 555 g/mol. The van der Waals surface area contributed by atoms with E-state index in [9.17, 15) is 0 Å². The van der Waals surface area contributed by atoms with Gasteiger partial charge in [0.2, 0.25) is 0 Å². The minimum absolute atomic E-state index is 0.0448. The number of benzene rings is 4. The number of rotatable bonds is 8. The smallest absolute Gasteiger partial charge is 0.0890 e. The summed E-state index contributed by atoms with van der Waals surface area (Å²) in [5.41, 5.74) is 5.18. The average Bonchev–Trinajstić information content (AvgIpc) is 2.94. The molecule has 0 bridgehead atoms. The Morgan fingerprint density at radius 3 is 1.15 bits per heavy atom. The summed E-state index contributed by atoms with van der Waals surface area (Å²) in [4.78, 5) is 0. The van der Waals surface area contributed by atoms with Gasteiger partial charge in [-0.3, -0.25) is 0 Å². The number of aryl methyl sites for hydroxylation is 4. The fourth-order valence-corrected chi connectivity index (χ4v) is 9.96. The highest BCUT2D eigenvalue weighted by atomic mass is 31.1. The van der Waals surface area contributed by atoms with Crippen molar-refractivity contribution in [2.75, 3.05) is 18.9 Å². The normalized spacial score (nSPS) is 19.5. The lowest BCUT2D eigenvalue weighted by Crippen LogP contribution is -2.47. The van der Waals surface area contributed by atoms with Crippen molar-refractivity contribution in [2.24, 2.45) is 0 Å². The van der Waals surface area contributed by atoms with Crippen LogP contribution in [0.2, 0.25) is 0 Å². The van der Waals surface area contributed by atoms with Gasteiger partial charge in [-0.25, -0.2) is 0 Å². The lowest BCUT2D eigenvalue weighted by Gasteiger charge is -2.39. The maximum absolute atomic E-state index is 6.73. The maximum Gasteiger partial charge on any atom is 0.0890 e. The zero-order valence-electron chi connectivity index (χ0n) is 23.8. The minimum atomic E-state index is -0.584. The van der Waals surface area contributed by atoms with Gasteiger partial charge in [-0.1, -0.05) is 119 Å². The fourth-order valence-electron chi connectivity index (χ4n) is 5.10. The molecular weight excluding hydrogens is 514 g/mol. The van der Waals surface area contributed by atoms with Crippen molar-refractivity contribution in [3.05, 3.63) is 119 Å². The van der Waals surface area contributed by atoms with Crippen LogP contribution in [0.1, 0.15) is 29.2 Å². The minimum Gasteiger partial charge on any atom is -0.372 e. The molecule has 4 heteroatoms. The first-order valence-corrected chi connectivity index (χ1v) is 17.0. The highest BCUT2D eigenvalue weighted by Crippen LogP contribution is 2.41. The lowest BCUT2D eigenvalue weighted by atomic mass is 10.2. The maximum atomic E-state index is 6.73. The first-order chi connectivity index (χ1) is 18.9. The third-order valence-corrected chi connectivity index (χ3v) is 12.6. The molecule has 0 radical (unpaired) electrons. The van der Waals surface area contributed by atoms with Gasteiger partial charge in [-0.05, 0) is 71.7 Å². The van der Waals surface area contributed by atoms with Gasteiger partial charge in [0, 0.05) is 12.3 Å². The Labute approximate surface area is 237 Å². The summed E-state index contributed by atoms with van der Waals surface area (Å²) in [6.07, 6.45) is 2.12. The lowest BCUT2D eigenvalue weighted by molar-refractivity contribution is -0.158. The van der Waals surface area contributed by atoms with Crippen molar-refractivity contribution in [3.8, 4) is 0 Å². The van der Waals surface area contributed by atoms with Crippen molar-refractivity contribution < 1.29 is 9.47 Å². The molecule has 0 amide bonds. The molecule has 4 aromatic rings. The third kappa shape index (κ3) is 7.25. The quantitative estimate of drug-likeness (QED) is 0.227. The van der Waals surface area contributed by atoms with E-state index in [1.165, 1.54) is 43.5 Å². The number of hydrogen-bond acceptors (Lipinski definition) is 2. The molecule has 39 heavy (non-hydrogen) atoms. The zero-order chi connectivity index (χ0) is 27.4. The summed E-state index contributed by atoms with van der Waals surface area (Å²) in [5.74, 6) is 0. The molecule has 1 saturated heterocycles. The molecule has 3 atom stereocenters. The second-order valence-corrected chi connectivity index (χ2v) is 15.4. The Balaban J connectivity index is 1.47. The molecule has 0 spiro atoms. The molecule has 1 aliphatic heterocycles. The molecule has 1 fully saturated rings. The standard InChI is InChI=1S/C35H40O2P2/c1-25-6-14-30(15-7-25)38(31-16-8-26(2)9-17-31)23-34-35(37-29(5)22-36-34)24-39(32-18-10-27(3)11-19-32)33-20-12-28(4)13-21-33/h6-21,29,34-35H,22-24H2,1-5H3. The molecule has 2 nitrogen and oxygen atoms in total. The van der Waals surface area contributed by atoms with E-state index in [0.717, 1.165) is 12.3 Å². The van der Waals surface area contributed by atoms with E-state index in [0.29, 0.717) is 6.61 Å². The topological polar surface area (TPSA) is 18.5 Å². The summed E-state index contributed by atoms with van der Waals surface area (Å²) in [6, 6.07) is 36.4. The van der Waals surface area contributed by atoms with Gasteiger partial charge in [0.25, 0.3) is 0 Å². The molecule has 202 valence electrons. The van der Waals surface area contributed by atoms with Gasteiger partial charge in [0.1, 0.15) is 0 Å². The third-order valence-electron chi connectivity index (χ3n) is 7.47. The van der Waals surface area contributed by atoms with Crippen LogP contribution in [0.25, 0.3) is 0 Å². The molecule has 4 aromatic carbocycles. The summed E-state index contributed by atoms with van der Waals surface area (Å²) in [7, 11) is -1.16. The van der Waals surface area contributed by atoms with E-state index in [4.69, 9.17) is 9.47 Å². The van der Waals surface area contributed by atoms with Crippen LogP contribution in [0.4, 0.5) is 0 Å². The summed E-state index contributed by atoms with van der Waals surface area (Å²) < 4.78 is 13.4. The molecular formula is C35H40O2P2. The van der Waals surface area contributed by atoms with Crippen LogP contribution in [0.15, 0.2) is 97.1 Å². The van der Waals surface area contributed by atoms with Crippen LogP contribution in [-0.2, 0) is 9.47 Å². The highest BCUT2D eigenvalue weighted by Gasteiger charge is 2.35. The Morgan fingerprint density at radius 1 is 0.513 bits per heavy atom. The van der Waals surface area contributed by atoms with Crippen LogP contribution in [-0.4, -0.2) is 37.2 Å². The Bertz CT molecular complexity index is 1240. The molecule has 1 heterocycles. The van der Waals surface area contributed by atoms with Crippen molar-refractivity contribution >= 4 is 37.1 Å². The van der Waals surface area contributed by atoms with Crippen molar-refractivity contribution in [1.29, 1.82) is 0 Å². The van der Waals surface area contributed by atoms with E-state index < -0.39 is 15.8 Å². The summed E-state index contributed by atoms with van der Waals surface area (Å²) in [6.45, 7) is 11.4. The first-order valence-electron chi connectivity index (χ1n) is 13.9. The zero-order valence-corrected chi connectivity index (χ0v) is 25.6. The van der Waals surface area contributed by atoms with E-state index in [1.807, 2.05) is 0 Å². The number of ether oxygens (including phenoxy) is 2. The largest absolute Gasteiger partial charge is 0.372 e. The Hall–Kier alpha value is -2.34.